The number of nitrogens with zero attached hydrogens (tertiary/aromatic N) is 1. The zero-order valence-electron chi connectivity index (χ0n) is 17.5. The molecule has 1 aromatic heterocycles. The van der Waals surface area contributed by atoms with Crippen LogP contribution in [0.4, 0.5) is 0 Å². The molecule has 5 aromatic rings. The monoisotopic (exact) mass is 431 g/mol. The van der Waals surface area contributed by atoms with Gasteiger partial charge < -0.3 is 4.74 Å². The first kappa shape index (κ1) is 19.1. The zero-order chi connectivity index (χ0) is 21.3. The lowest BCUT2D eigenvalue weighted by molar-refractivity contribution is 0.487. The molecular weight excluding hydrogens is 410 g/mol. The van der Waals surface area contributed by atoms with Gasteiger partial charge in [-0.1, -0.05) is 78.9 Å². The summed E-state index contributed by atoms with van der Waals surface area (Å²) in [4.78, 5) is 6.45. The van der Waals surface area contributed by atoms with Crippen LogP contribution >= 0.6 is 11.8 Å². The van der Waals surface area contributed by atoms with Gasteiger partial charge in [0.25, 0.3) is 0 Å². The fourth-order valence-corrected chi connectivity index (χ4v) is 5.56. The molecule has 1 aliphatic heterocycles. The van der Waals surface area contributed by atoms with Gasteiger partial charge >= 0.3 is 0 Å². The molecule has 0 amide bonds. The van der Waals surface area contributed by atoms with Crippen LogP contribution in [0.5, 0.6) is 11.5 Å². The van der Waals surface area contributed by atoms with E-state index in [4.69, 9.17) is 9.72 Å². The van der Waals surface area contributed by atoms with Gasteiger partial charge in [0.2, 0.25) is 0 Å². The van der Waals surface area contributed by atoms with Gasteiger partial charge in [-0.15, -0.1) is 11.8 Å². The summed E-state index contributed by atoms with van der Waals surface area (Å²) in [5.74, 6) is 2.71. The van der Waals surface area contributed by atoms with Crippen LogP contribution in [0.1, 0.15) is 16.8 Å². The van der Waals surface area contributed by atoms with Crippen LogP contribution in [0.15, 0.2) is 95.9 Å². The third kappa shape index (κ3) is 3.45. The largest absolute Gasteiger partial charge is 0.455 e. The Labute approximate surface area is 191 Å². The van der Waals surface area contributed by atoms with E-state index in [-0.39, 0.29) is 0 Å². The summed E-state index contributed by atoms with van der Waals surface area (Å²) in [5.41, 5.74) is 4.51. The Balaban J connectivity index is 1.48. The Morgan fingerprint density at radius 3 is 2.47 bits per heavy atom. The van der Waals surface area contributed by atoms with E-state index in [2.05, 4.69) is 66.7 Å². The van der Waals surface area contributed by atoms with Gasteiger partial charge in [-0.25, -0.2) is 4.98 Å². The quantitative estimate of drug-likeness (QED) is 0.288. The maximum absolute atomic E-state index is 6.23. The standard InChI is InChI=1S/C29H21NOS/c1-2-11-22(12-3-1)31-27-15-7-14-25-28(27)30-26(24-18-19-32-29(24)25)17-16-21-10-6-9-20-8-4-5-13-23(20)21/h1-17H,18-19H2. The second-order valence-electron chi connectivity index (χ2n) is 7.87. The second kappa shape index (κ2) is 8.18. The lowest BCUT2D eigenvalue weighted by Gasteiger charge is -2.12. The van der Waals surface area contributed by atoms with Crippen LogP contribution in [-0.2, 0) is 6.42 Å². The average molecular weight is 432 g/mol. The summed E-state index contributed by atoms with van der Waals surface area (Å²) in [7, 11) is 0. The highest BCUT2D eigenvalue weighted by Gasteiger charge is 2.21. The number of thioether (sulfide) groups is 1. The van der Waals surface area contributed by atoms with Crippen molar-refractivity contribution in [1.29, 1.82) is 0 Å². The molecule has 0 radical (unpaired) electrons. The van der Waals surface area contributed by atoms with E-state index in [1.165, 1.54) is 32.2 Å². The lowest BCUT2D eigenvalue weighted by atomic mass is 10.0. The molecule has 0 atom stereocenters. The average Bonchev–Trinajstić information content (AvgIpc) is 3.34. The van der Waals surface area contributed by atoms with Crippen molar-refractivity contribution in [3.05, 3.63) is 108 Å². The van der Waals surface area contributed by atoms with Crippen LogP contribution in [-0.4, -0.2) is 10.7 Å². The molecule has 32 heavy (non-hydrogen) atoms. The molecule has 0 unspecified atom stereocenters. The molecule has 2 nitrogen and oxygen atoms in total. The SMILES string of the molecule is C(=Cc1cccc2ccccc12)c1nc2c(Oc3ccccc3)cccc2c2c1CCS2. The Bertz CT molecular complexity index is 1470. The van der Waals surface area contributed by atoms with Crippen LogP contribution in [0, 0.1) is 0 Å². The van der Waals surface area contributed by atoms with Gasteiger partial charge in [0, 0.05) is 16.0 Å². The Kier molecular flexibility index (Phi) is 4.89. The Morgan fingerprint density at radius 1 is 0.750 bits per heavy atom. The molecule has 0 aliphatic carbocycles. The van der Waals surface area contributed by atoms with Crippen molar-refractivity contribution in [3.63, 3.8) is 0 Å². The number of hydrogen-bond donors (Lipinski definition) is 0. The van der Waals surface area contributed by atoms with Gasteiger partial charge in [0.15, 0.2) is 5.75 Å². The summed E-state index contributed by atoms with van der Waals surface area (Å²) < 4.78 is 6.23. The minimum absolute atomic E-state index is 0.795. The van der Waals surface area contributed by atoms with Crippen molar-refractivity contribution < 1.29 is 4.74 Å². The van der Waals surface area contributed by atoms with Crippen molar-refractivity contribution in [1.82, 2.24) is 4.98 Å². The number of hydrogen-bond acceptors (Lipinski definition) is 3. The summed E-state index contributed by atoms with van der Waals surface area (Å²) >= 11 is 1.92. The molecule has 0 spiro atoms. The first-order chi connectivity index (χ1) is 15.9. The predicted octanol–water partition coefficient (Wildman–Crippen LogP) is 8.00. The number of pyridine rings is 1. The van der Waals surface area contributed by atoms with Gasteiger partial charge in [0.05, 0.1) is 5.69 Å². The number of fused-ring (bicyclic) bond motifs is 4. The van der Waals surface area contributed by atoms with Gasteiger partial charge in [0.1, 0.15) is 11.3 Å². The minimum atomic E-state index is 0.795. The predicted molar refractivity (Wildman–Crippen MR) is 136 cm³/mol. The maximum Gasteiger partial charge on any atom is 0.153 e. The van der Waals surface area contributed by atoms with Gasteiger partial charge in [-0.2, -0.15) is 0 Å². The van der Waals surface area contributed by atoms with E-state index >= 15 is 0 Å². The number of para-hydroxylation sites is 2. The Morgan fingerprint density at radius 2 is 1.53 bits per heavy atom. The van der Waals surface area contributed by atoms with E-state index in [1.54, 1.807) is 0 Å². The topological polar surface area (TPSA) is 22.1 Å². The zero-order valence-corrected chi connectivity index (χ0v) is 18.3. The summed E-state index contributed by atoms with van der Waals surface area (Å²) in [6, 6.07) is 31.1. The highest BCUT2D eigenvalue weighted by atomic mass is 32.2. The molecule has 1 aliphatic rings. The van der Waals surface area contributed by atoms with Crippen molar-refractivity contribution in [3.8, 4) is 11.5 Å². The summed E-state index contributed by atoms with van der Waals surface area (Å²) in [5, 5.41) is 3.69. The van der Waals surface area contributed by atoms with Crippen LogP contribution in [0.3, 0.4) is 0 Å². The van der Waals surface area contributed by atoms with E-state index in [0.29, 0.717) is 0 Å². The molecule has 154 valence electrons. The molecule has 4 aromatic carbocycles. The first-order valence-corrected chi connectivity index (χ1v) is 11.8. The molecule has 6 rings (SSSR count). The molecule has 0 fully saturated rings. The van der Waals surface area contributed by atoms with E-state index < -0.39 is 0 Å². The van der Waals surface area contributed by atoms with Crippen molar-refractivity contribution in [2.45, 2.75) is 11.3 Å². The fraction of sp³-hybridized carbons (Fsp3) is 0.0690. The first-order valence-electron chi connectivity index (χ1n) is 10.8. The van der Waals surface area contributed by atoms with Crippen LogP contribution < -0.4 is 4.74 Å². The molecule has 0 saturated heterocycles. The smallest absolute Gasteiger partial charge is 0.153 e. The molecule has 0 bridgehead atoms. The third-order valence-corrected chi connectivity index (χ3v) is 7.04. The van der Waals surface area contributed by atoms with Gasteiger partial charge in [-0.3, -0.25) is 0 Å². The normalized spacial score (nSPS) is 13.1. The highest BCUT2D eigenvalue weighted by Crippen LogP contribution is 2.42. The summed E-state index contributed by atoms with van der Waals surface area (Å²) in [6.45, 7) is 0. The fourth-order valence-electron chi connectivity index (χ4n) is 4.35. The molecule has 2 heterocycles. The minimum Gasteiger partial charge on any atom is -0.455 e. The van der Waals surface area contributed by atoms with E-state index in [0.717, 1.165) is 34.9 Å². The molecule has 0 saturated carbocycles. The number of ether oxygens (including phenoxy) is 1. The maximum atomic E-state index is 6.23. The van der Waals surface area contributed by atoms with Crippen molar-refractivity contribution in [2.24, 2.45) is 0 Å². The third-order valence-electron chi connectivity index (χ3n) is 5.87. The highest BCUT2D eigenvalue weighted by molar-refractivity contribution is 7.99. The van der Waals surface area contributed by atoms with Crippen molar-refractivity contribution >= 4 is 45.6 Å². The number of aromatic nitrogens is 1. The molecule has 3 heteroatoms. The summed E-state index contributed by atoms with van der Waals surface area (Å²) in [6.07, 6.45) is 5.41. The van der Waals surface area contributed by atoms with Crippen LogP contribution in [0.2, 0.25) is 0 Å². The van der Waals surface area contributed by atoms with Crippen molar-refractivity contribution in [2.75, 3.05) is 5.75 Å². The van der Waals surface area contributed by atoms with Crippen LogP contribution in [0.25, 0.3) is 33.8 Å². The Hall–Kier alpha value is -3.56. The second-order valence-corrected chi connectivity index (χ2v) is 8.98. The number of benzene rings is 4. The molecule has 0 N–H and O–H groups in total. The van der Waals surface area contributed by atoms with Gasteiger partial charge in [-0.05, 0) is 52.6 Å². The molecular formula is C29H21NOS. The van der Waals surface area contributed by atoms with E-state index in [1.807, 2.05) is 48.2 Å². The number of rotatable bonds is 4. The van der Waals surface area contributed by atoms with E-state index in [9.17, 15) is 0 Å². The lowest BCUT2D eigenvalue weighted by Crippen LogP contribution is -1.96.